The number of nitrogens with one attached hydrogen (secondary N) is 4. The summed E-state index contributed by atoms with van der Waals surface area (Å²) < 4.78 is 49.0. The Balaban J connectivity index is 0.000000406. The number of allylic oxidation sites excluding steroid dienone is 1. The SMILES string of the molecule is C.CC(=O)C1=NNC(c2c(F)cccc2N(C)C(=O)/C=C/Oc2ccc3ccc(=O)oc3c2)=NN1.CC(C)=C(Cl)N(C)C.CCc1cccc(F)c1C1=NNC(C(C)=O)=NN1.O=C(O)/C=C/Oc1ccc2ccc(=O)oc2c1.S=S.S=S=S. The Bertz CT molecular complexity index is 3690. The number of carbonyl (C=O) groups is 4. The van der Waals surface area contributed by atoms with Crippen LogP contribution in [0.25, 0.3) is 21.9 Å². The number of hydrogen-bond donors (Lipinski definition) is 5. The molecular weight excluding hydrogens is 1200 g/mol. The van der Waals surface area contributed by atoms with Gasteiger partial charge in [0.15, 0.2) is 23.2 Å². The summed E-state index contributed by atoms with van der Waals surface area (Å²) in [5.74, 6) is -2.14. The Kier molecular flexibility index (Phi) is 30.5. The molecule has 0 saturated carbocycles. The molecule has 0 spiro atoms. The quantitative estimate of drug-likeness (QED) is 0.0319. The van der Waals surface area contributed by atoms with Crippen molar-refractivity contribution in [3.05, 3.63) is 182 Å². The molecule has 2 aliphatic heterocycles. The van der Waals surface area contributed by atoms with Gasteiger partial charge < -0.3 is 33.2 Å². The van der Waals surface area contributed by atoms with Crippen molar-refractivity contribution < 1.29 is 51.4 Å². The lowest BCUT2D eigenvalue weighted by atomic mass is 10.0. The number of amides is 1. The fraction of sp³-hybridized carbons (Fsp3) is 0.185. The largest absolute Gasteiger partial charge is 0.478 e. The van der Waals surface area contributed by atoms with Crippen LogP contribution in [0.5, 0.6) is 11.5 Å². The van der Waals surface area contributed by atoms with Crippen LogP contribution in [0.2, 0.25) is 0 Å². The highest BCUT2D eigenvalue weighted by molar-refractivity contribution is 8.37. The van der Waals surface area contributed by atoms with Gasteiger partial charge in [-0.25, -0.2) is 23.2 Å². The number of benzene rings is 4. The zero-order valence-corrected chi connectivity index (χ0v) is 49.5. The number of fused-ring (bicyclic) bond motifs is 2. The van der Waals surface area contributed by atoms with E-state index < -0.39 is 28.9 Å². The van der Waals surface area contributed by atoms with Crippen molar-refractivity contribution in [3.63, 3.8) is 0 Å². The lowest BCUT2D eigenvalue weighted by Gasteiger charge is -2.21. The van der Waals surface area contributed by atoms with Gasteiger partial charge in [-0.05, 0) is 86.0 Å². The summed E-state index contributed by atoms with van der Waals surface area (Å²) in [7, 11) is 6.22. The second-order valence-corrected chi connectivity index (χ2v) is 18.5. The predicted octanol–water partition coefficient (Wildman–Crippen LogP) is 7.82. The van der Waals surface area contributed by atoms with Crippen molar-refractivity contribution in [1.82, 2.24) is 26.6 Å². The van der Waals surface area contributed by atoms with Gasteiger partial charge >= 0.3 is 17.2 Å². The van der Waals surface area contributed by atoms with E-state index in [1.165, 1.54) is 80.6 Å². The molecule has 83 heavy (non-hydrogen) atoms. The van der Waals surface area contributed by atoms with Gasteiger partial charge in [0.05, 0.1) is 35.4 Å². The van der Waals surface area contributed by atoms with E-state index in [1.807, 2.05) is 45.8 Å². The van der Waals surface area contributed by atoms with Crippen molar-refractivity contribution in [2.24, 2.45) is 20.4 Å². The van der Waals surface area contributed by atoms with Crippen LogP contribution in [0.15, 0.2) is 171 Å². The van der Waals surface area contributed by atoms with Crippen LogP contribution in [0.1, 0.15) is 58.7 Å². The second kappa shape index (κ2) is 35.9. The van der Waals surface area contributed by atoms with Crippen molar-refractivity contribution in [2.75, 3.05) is 26.0 Å². The van der Waals surface area contributed by atoms with E-state index in [0.717, 1.165) is 54.4 Å². The summed E-state index contributed by atoms with van der Waals surface area (Å²) in [6.07, 6.45) is 4.91. The van der Waals surface area contributed by atoms with E-state index >= 15 is 0 Å². The summed E-state index contributed by atoms with van der Waals surface area (Å²) in [4.78, 5) is 70.8. The maximum atomic E-state index is 14.7. The Labute approximate surface area is 502 Å². The highest BCUT2D eigenvalue weighted by Crippen LogP contribution is 2.25. The third kappa shape index (κ3) is 22.3. The van der Waals surface area contributed by atoms with Gasteiger partial charge in [-0.1, -0.05) is 44.2 Å². The number of anilines is 1. The predicted molar refractivity (Wildman–Crippen MR) is 331 cm³/mol. The van der Waals surface area contributed by atoms with Gasteiger partial charge in [-0.3, -0.25) is 36.1 Å². The average molecular weight is 1250 g/mol. The van der Waals surface area contributed by atoms with Crippen LogP contribution in [-0.2, 0) is 79.2 Å². The molecule has 0 atom stereocenters. The summed E-state index contributed by atoms with van der Waals surface area (Å²) in [5, 5.41) is 26.2. The van der Waals surface area contributed by atoms with Crippen LogP contribution < -0.4 is 47.3 Å². The number of hydrogen-bond acceptors (Lipinski definition) is 23. The van der Waals surface area contributed by atoms with Gasteiger partial charge in [0.25, 0.3) is 5.91 Å². The highest BCUT2D eigenvalue weighted by Gasteiger charge is 2.23. The minimum Gasteiger partial charge on any atom is -0.478 e. The number of rotatable bonds is 13. The molecule has 0 aliphatic carbocycles. The van der Waals surface area contributed by atoms with Gasteiger partial charge in [0, 0.05) is 130 Å². The number of likely N-dealkylation sites (N-methyl/N-ethyl adjacent to an activating group) is 1. The number of carboxylic acid groups (broad SMARTS) is 1. The second-order valence-electron chi connectivity index (χ2n) is 16.4. The number of nitrogens with zero attached hydrogens (tertiary/aromatic N) is 6. The van der Waals surface area contributed by atoms with Crippen LogP contribution in [0.4, 0.5) is 14.5 Å². The summed E-state index contributed by atoms with van der Waals surface area (Å²) in [5.41, 5.74) is 12.4. The first-order chi connectivity index (χ1) is 39.1. The van der Waals surface area contributed by atoms with E-state index in [1.54, 1.807) is 42.5 Å². The van der Waals surface area contributed by atoms with Crippen molar-refractivity contribution in [2.45, 2.75) is 48.5 Å². The van der Waals surface area contributed by atoms with Gasteiger partial charge in [0.2, 0.25) is 11.7 Å². The standard InChI is InChI=1S/C23H18FN5O5.C12H13FN4O.C12H8O5.C6H12ClN.CH4.S3.S2/c1-13(30)22-25-27-23(28-26-22)21-16(24)4-3-5-17(21)29(2)19(31)10-11-33-15-8-6-14-7-9-20(32)34-18(14)12-15;1-3-8-5-4-6-9(13)10(8)12-16-14-11(7(2)18)15-17-12;13-11(14)5-6-16-9-3-1-8-2-4-12(15)17-10(8)7-9;1-5(2)6(7)8(3)4;;1-3-2;1-2/h3-12H,1-2H3,(H,25,26)(H,27,28);4-6H,3H2,1-2H3,(H,14,15)(H,16,17);1-7H,(H,13,14);1-4H3;1H4;;/b11-10+;;6-5+;;;;. The summed E-state index contributed by atoms with van der Waals surface area (Å²) in [6, 6.07) is 24.7. The number of carboxylic acids is 1. The number of Topliss-reactive ketones (excluding diaryl/α,β-unsaturated/α-hetero) is 2. The molecule has 2 aliphatic rings. The maximum absolute atomic E-state index is 14.7. The normalized spacial score (nSPS) is 11.7. The lowest BCUT2D eigenvalue weighted by Crippen LogP contribution is -2.38. The fourth-order valence-electron chi connectivity index (χ4n) is 6.48. The van der Waals surface area contributed by atoms with Crippen LogP contribution in [-0.4, -0.2) is 77.9 Å². The molecule has 0 fully saturated rings. The zero-order valence-electron chi connectivity index (χ0n) is 44.6. The number of ether oxygens (including phenoxy) is 2. The minimum atomic E-state index is -1.10. The van der Waals surface area contributed by atoms with E-state index in [4.69, 9.17) is 35.0 Å². The zero-order chi connectivity index (χ0) is 61.1. The smallest absolute Gasteiger partial charge is 0.336 e. The molecule has 0 unspecified atom stereocenters. The molecule has 0 radical (unpaired) electrons. The third-order valence-corrected chi connectivity index (χ3v) is 10.9. The molecule has 2 aromatic heterocycles. The number of aryl methyl sites for hydroxylation is 1. The molecule has 21 nitrogen and oxygen atoms in total. The Morgan fingerprint density at radius 2 is 1.11 bits per heavy atom. The van der Waals surface area contributed by atoms with E-state index in [2.05, 4.69) is 86.9 Å². The average Bonchev–Trinajstić information content (AvgIpc) is 3.62. The Morgan fingerprint density at radius 1 is 0.675 bits per heavy atom. The first-order valence-electron chi connectivity index (χ1n) is 23.4. The van der Waals surface area contributed by atoms with Crippen LogP contribution in [0, 0.1) is 11.6 Å². The number of aliphatic carboxylic acids is 1. The summed E-state index contributed by atoms with van der Waals surface area (Å²) in [6.45, 7) is 8.58. The van der Waals surface area contributed by atoms with Crippen molar-refractivity contribution in [1.29, 1.82) is 0 Å². The third-order valence-electron chi connectivity index (χ3n) is 10.2. The molecule has 8 rings (SSSR count). The summed E-state index contributed by atoms with van der Waals surface area (Å²) >= 11 is 21.3. The Hall–Kier alpha value is -8.67. The number of ketones is 2. The highest BCUT2D eigenvalue weighted by atomic mass is 35.5. The first kappa shape index (κ1) is 70.4. The van der Waals surface area contributed by atoms with Crippen molar-refractivity contribution >= 4 is 140 Å². The molecule has 5 N–H and O–H groups in total. The van der Waals surface area contributed by atoms with Gasteiger partial charge in [0.1, 0.15) is 39.5 Å². The Morgan fingerprint density at radius 3 is 1.51 bits per heavy atom. The van der Waals surface area contributed by atoms with Gasteiger partial charge in [-0.15, -0.1) is 0 Å². The number of halogens is 3. The first-order valence-corrected chi connectivity index (χ1v) is 27.7. The topological polar surface area (TPSA) is 271 Å². The minimum absolute atomic E-state index is 0. The fourth-order valence-corrected chi connectivity index (χ4v) is 6.48. The number of amidine groups is 4. The molecule has 0 saturated heterocycles. The van der Waals surface area contributed by atoms with Gasteiger partial charge in [-0.2, -0.15) is 20.4 Å². The molecule has 6 aromatic rings. The maximum Gasteiger partial charge on any atom is 0.336 e. The number of carbonyl (C=O) groups excluding carboxylic acids is 3. The number of hydrazone groups is 4. The molecule has 438 valence electrons. The van der Waals surface area contributed by atoms with Crippen LogP contribution in [0.3, 0.4) is 0 Å². The molecule has 29 heteroatoms. The molecular formula is C54H55ClF2N10O11S5. The molecule has 4 heterocycles. The van der Waals surface area contributed by atoms with E-state index in [0.29, 0.717) is 34.6 Å². The lowest BCUT2D eigenvalue weighted by molar-refractivity contribution is -0.131. The van der Waals surface area contributed by atoms with E-state index in [9.17, 15) is 37.5 Å². The monoisotopic (exact) mass is 1250 g/mol. The molecule has 0 bridgehead atoms. The van der Waals surface area contributed by atoms with Crippen LogP contribution >= 0.6 is 11.6 Å². The van der Waals surface area contributed by atoms with E-state index in [-0.39, 0.29) is 59.4 Å². The molecule has 1 amide bonds. The molecule has 4 aromatic carbocycles. The van der Waals surface area contributed by atoms with Crippen molar-refractivity contribution in [3.8, 4) is 11.5 Å².